The Labute approximate surface area is 106 Å². The summed E-state index contributed by atoms with van der Waals surface area (Å²) in [6.07, 6.45) is 1.77. The van der Waals surface area contributed by atoms with Gasteiger partial charge in [0.2, 0.25) is 0 Å². The molecule has 0 bridgehead atoms. The highest BCUT2D eigenvalue weighted by Gasteiger charge is 2.07. The van der Waals surface area contributed by atoms with E-state index >= 15 is 0 Å². The summed E-state index contributed by atoms with van der Waals surface area (Å²) >= 11 is 6.13. The van der Waals surface area contributed by atoms with Gasteiger partial charge in [0.25, 0.3) is 0 Å². The van der Waals surface area contributed by atoms with Crippen molar-refractivity contribution >= 4 is 22.5 Å². The lowest BCUT2D eigenvalue weighted by molar-refractivity contribution is 0.217. The molecule has 1 aromatic heterocycles. The summed E-state index contributed by atoms with van der Waals surface area (Å²) in [4.78, 5) is 6.43. The summed E-state index contributed by atoms with van der Waals surface area (Å²) in [7, 11) is 1.97. The number of likely N-dealkylation sites (N-methyl/N-ethyl adjacent to an activating group) is 1. The number of benzene rings is 1. The molecule has 0 unspecified atom stereocenters. The summed E-state index contributed by atoms with van der Waals surface area (Å²) in [6.45, 7) is 1.57. The molecular weight excluding hydrogens is 236 g/mol. The Hall–Kier alpha value is -1.16. The smallest absolute Gasteiger partial charge is 0.0761 e. The Bertz CT molecular complexity index is 516. The molecule has 0 fully saturated rings. The molecule has 0 aliphatic rings. The van der Waals surface area contributed by atoms with Crippen molar-refractivity contribution in [2.24, 2.45) is 0 Å². The van der Waals surface area contributed by atoms with Gasteiger partial charge in [-0.2, -0.15) is 0 Å². The highest BCUT2D eigenvalue weighted by molar-refractivity contribution is 6.35. The Balaban J connectivity index is 2.38. The van der Waals surface area contributed by atoms with Crippen LogP contribution >= 0.6 is 11.6 Å². The predicted molar refractivity (Wildman–Crippen MR) is 70.2 cm³/mol. The minimum atomic E-state index is 0.162. The maximum Gasteiger partial charge on any atom is 0.0761 e. The van der Waals surface area contributed by atoms with Crippen LogP contribution in [0, 0.1) is 0 Å². The van der Waals surface area contributed by atoms with E-state index in [4.69, 9.17) is 16.7 Å². The fourth-order valence-corrected chi connectivity index (χ4v) is 2.08. The molecule has 1 heterocycles. The number of fused-ring (bicyclic) bond motifs is 1. The monoisotopic (exact) mass is 250 g/mol. The van der Waals surface area contributed by atoms with Gasteiger partial charge in [0.15, 0.2) is 0 Å². The number of aromatic nitrogens is 1. The van der Waals surface area contributed by atoms with Crippen LogP contribution in [0.5, 0.6) is 0 Å². The van der Waals surface area contributed by atoms with Gasteiger partial charge in [-0.3, -0.25) is 9.88 Å². The van der Waals surface area contributed by atoms with Crippen molar-refractivity contribution in [3.63, 3.8) is 0 Å². The number of rotatable bonds is 4. The summed E-state index contributed by atoms with van der Waals surface area (Å²) in [5, 5.41) is 10.6. The second-order valence-electron chi connectivity index (χ2n) is 4.07. The number of pyridine rings is 1. The molecule has 1 aromatic carbocycles. The van der Waals surface area contributed by atoms with Crippen LogP contribution in [0.3, 0.4) is 0 Å². The number of hydrogen-bond donors (Lipinski definition) is 1. The first-order valence-corrected chi connectivity index (χ1v) is 5.91. The normalized spacial score (nSPS) is 11.3. The number of aliphatic hydroxyl groups excluding tert-OH is 1. The molecule has 0 aliphatic carbocycles. The molecule has 2 aromatic rings. The molecule has 1 N–H and O–H groups in total. The van der Waals surface area contributed by atoms with E-state index in [1.807, 2.05) is 31.3 Å². The van der Waals surface area contributed by atoms with Gasteiger partial charge in [-0.15, -0.1) is 0 Å². The average molecular weight is 251 g/mol. The largest absolute Gasteiger partial charge is 0.395 e. The second kappa shape index (κ2) is 5.45. The SMILES string of the molecule is CN(CCO)Cc1ccc(Cl)c2cccnc12. The van der Waals surface area contributed by atoms with Crippen LogP contribution in [-0.2, 0) is 6.54 Å². The highest BCUT2D eigenvalue weighted by atomic mass is 35.5. The standard InChI is InChI=1S/C13H15ClN2O/c1-16(7-8-17)9-10-4-5-12(14)11-3-2-6-15-13(10)11/h2-6,17H,7-9H2,1H3. The van der Waals surface area contributed by atoms with Crippen LogP contribution < -0.4 is 0 Å². The zero-order valence-corrected chi connectivity index (χ0v) is 10.5. The van der Waals surface area contributed by atoms with Crippen molar-refractivity contribution in [1.82, 2.24) is 9.88 Å². The van der Waals surface area contributed by atoms with E-state index < -0.39 is 0 Å². The second-order valence-corrected chi connectivity index (χ2v) is 4.47. The van der Waals surface area contributed by atoms with Crippen LogP contribution in [0.2, 0.25) is 5.02 Å². The fraction of sp³-hybridized carbons (Fsp3) is 0.308. The van der Waals surface area contributed by atoms with Crippen molar-refractivity contribution in [2.45, 2.75) is 6.54 Å². The lowest BCUT2D eigenvalue weighted by Gasteiger charge is -2.16. The van der Waals surface area contributed by atoms with Crippen molar-refractivity contribution in [3.05, 3.63) is 41.0 Å². The summed E-state index contributed by atoms with van der Waals surface area (Å²) in [5.74, 6) is 0. The van der Waals surface area contributed by atoms with Gasteiger partial charge >= 0.3 is 0 Å². The third-order valence-electron chi connectivity index (χ3n) is 2.72. The van der Waals surface area contributed by atoms with Crippen LogP contribution in [0.25, 0.3) is 10.9 Å². The molecule has 0 radical (unpaired) electrons. The van der Waals surface area contributed by atoms with Gasteiger partial charge in [0, 0.05) is 29.7 Å². The molecule has 17 heavy (non-hydrogen) atoms. The van der Waals surface area contributed by atoms with Gasteiger partial charge in [0.05, 0.1) is 12.1 Å². The summed E-state index contributed by atoms with van der Waals surface area (Å²) in [6, 6.07) is 7.74. The quantitative estimate of drug-likeness (QED) is 0.905. The maximum absolute atomic E-state index is 8.89. The molecule has 0 saturated carbocycles. The summed E-state index contributed by atoms with van der Waals surface area (Å²) in [5.41, 5.74) is 2.06. The topological polar surface area (TPSA) is 36.4 Å². The molecule has 3 nitrogen and oxygen atoms in total. The van der Waals surface area contributed by atoms with E-state index in [0.29, 0.717) is 6.54 Å². The van der Waals surface area contributed by atoms with Crippen molar-refractivity contribution in [3.8, 4) is 0 Å². The number of halogens is 1. The predicted octanol–water partition coefficient (Wildman–Crippen LogP) is 2.31. The van der Waals surface area contributed by atoms with Crippen molar-refractivity contribution in [2.75, 3.05) is 20.2 Å². The number of nitrogens with zero attached hydrogens (tertiary/aromatic N) is 2. The van der Waals surface area contributed by atoms with E-state index in [9.17, 15) is 0 Å². The van der Waals surface area contributed by atoms with E-state index in [-0.39, 0.29) is 6.61 Å². The van der Waals surface area contributed by atoms with Gasteiger partial charge in [-0.1, -0.05) is 17.7 Å². The summed E-state index contributed by atoms with van der Waals surface area (Å²) < 4.78 is 0. The van der Waals surface area contributed by atoms with Crippen LogP contribution in [0.15, 0.2) is 30.5 Å². The molecule has 4 heteroatoms. The maximum atomic E-state index is 8.89. The molecule has 0 atom stereocenters. The van der Waals surface area contributed by atoms with Crippen LogP contribution in [-0.4, -0.2) is 35.2 Å². The lowest BCUT2D eigenvalue weighted by Crippen LogP contribution is -2.21. The molecule has 0 amide bonds. The molecular formula is C13H15ClN2O. The Morgan fingerprint density at radius 2 is 2.18 bits per heavy atom. The third-order valence-corrected chi connectivity index (χ3v) is 3.05. The van der Waals surface area contributed by atoms with Crippen LogP contribution in [0.4, 0.5) is 0 Å². The minimum absolute atomic E-state index is 0.162. The Morgan fingerprint density at radius 3 is 2.94 bits per heavy atom. The van der Waals surface area contributed by atoms with Gasteiger partial charge in [0.1, 0.15) is 0 Å². The van der Waals surface area contributed by atoms with Gasteiger partial charge in [-0.05, 0) is 30.8 Å². The lowest BCUT2D eigenvalue weighted by atomic mass is 10.1. The zero-order valence-electron chi connectivity index (χ0n) is 9.73. The van der Waals surface area contributed by atoms with E-state index in [1.54, 1.807) is 6.20 Å². The number of aliphatic hydroxyl groups is 1. The minimum Gasteiger partial charge on any atom is -0.395 e. The molecule has 2 rings (SSSR count). The van der Waals surface area contributed by atoms with Crippen LogP contribution in [0.1, 0.15) is 5.56 Å². The van der Waals surface area contributed by atoms with E-state index in [1.165, 1.54) is 0 Å². The van der Waals surface area contributed by atoms with Gasteiger partial charge in [-0.25, -0.2) is 0 Å². The molecule has 90 valence electrons. The first-order valence-electron chi connectivity index (χ1n) is 5.54. The number of hydrogen-bond acceptors (Lipinski definition) is 3. The van der Waals surface area contributed by atoms with Crippen molar-refractivity contribution in [1.29, 1.82) is 0 Å². The van der Waals surface area contributed by atoms with Gasteiger partial charge < -0.3 is 5.11 Å². The van der Waals surface area contributed by atoms with E-state index in [0.717, 1.165) is 28.0 Å². The molecule has 0 spiro atoms. The van der Waals surface area contributed by atoms with Crippen molar-refractivity contribution < 1.29 is 5.11 Å². The first-order chi connectivity index (χ1) is 8.22. The third kappa shape index (κ3) is 2.75. The molecule has 0 saturated heterocycles. The van der Waals surface area contributed by atoms with E-state index in [2.05, 4.69) is 9.88 Å². The molecule has 0 aliphatic heterocycles. The average Bonchev–Trinajstić information content (AvgIpc) is 2.34. The fourth-order valence-electron chi connectivity index (χ4n) is 1.86. The first kappa shape index (κ1) is 12.3. The zero-order chi connectivity index (χ0) is 12.3. The Morgan fingerprint density at radius 1 is 1.35 bits per heavy atom. The Kier molecular flexibility index (Phi) is 3.94. The highest BCUT2D eigenvalue weighted by Crippen LogP contribution is 2.25.